The molecule has 2 N–H and O–H groups in total. The monoisotopic (exact) mass is 359 g/mol. The lowest BCUT2D eigenvalue weighted by Gasteiger charge is -2.26. The zero-order valence-electron chi connectivity index (χ0n) is 12.6. The van der Waals surface area contributed by atoms with E-state index in [1.54, 1.807) is 12.1 Å². The molecule has 0 radical (unpaired) electrons. The van der Waals surface area contributed by atoms with E-state index in [2.05, 4.69) is 15.5 Å². The molecule has 0 aromatic heterocycles. The summed E-state index contributed by atoms with van der Waals surface area (Å²) in [6.07, 6.45) is 0.778. The van der Waals surface area contributed by atoms with Gasteiger partial charge in [-0.3, -0.25) is 14.5 Å². The van der Waals surface area contributed by atoms with E-state index >= 15 is 0 Å². The number of halogens is 2. The minimum Gasteiger partial charge on any atom is -0.379 e. The highest BCUT2D eigenvalue weighted by Gasteiger charge is 2.15. The van der Waals surface area contributed by atoms with Crippen LogP contribution in [0.4, 0.5) is 5.69 Å². The summed E-state index contributed by atoms with van der Waals surface area (Å²) >= 11 is 11.7. The highest BCUT2D eigenvalue weighted by Crippen LogP contribution is 2.25. The minimum absolute atomic E-state index is 0.283. The van der Waals surface area contributed by atoms with Crippen LogP contribution in [0.15, 0.2) is 18.2 Å². The zero-order chi connectivity index (χ0) is 16.7. The van der Waals surface area contributed by atoms with Crippen molar-refractivity contribution >= 4 is 40.7 Å². The van der Waals surface area contributed by atoms with Gasteiger partial charge in [0.15, 0.2) is 0 Å². The van der Waals surface area contributed by atoms with Crippen LogP contribution in [0.5, 0.6) is 0 Å². The van der Waals surface area contributed by atoms with E-state index in [1.165, 1.54) is 6.07 Å². The van der Waals surface area contributed by atoms with Gasteiger partial charge in [0.1, 0.15) is 0 Å². The summed E-state index contributed by atoms with van der Waals surface area (Å²) in [5.41, 5.74) is 0.351. The molecule has 2 amide bonds. The molecule has 1 saturated heterocycles. The number of anilines is 1. The van der Waals surface area contributed by atoms with Crippen LogP contribution < -0.4 is 10.6 Å². The Hall–Kier alpha value is -1.34. The van der Waals surface area contributed by atoms with Gasteiger partial charge in [0.05, 0.1) is 23.9 Å². The molecule has 1 heterocycles. The number of nitrogens with zero attached hydrogens (tertiary/aromatic N) is 1. The van der Waals surface area contributed by atoms with E-state index in [0.29, 0.717) is 17.3 Å². The molecule has 1 aromatic rings. The fourth-order valence-corrected chi connectivity index (χ4v) is 2.64. The first kappa shape index (κ1) is 18.0. The summed E-state index contributed by atoms with van der Waals surface area (Å²) in [6.45, 7) is 4.62. The van der Waals surface area contributed by atoms with Crippen molar-refractivity contribution in [1.82, 2.24) is 10.2 Å². The van der Waals surface area contributed by atoms with Gasteiger partial charge in [-0.1, -0.05) is 23.2 Å². The normalized spacial score (nSPS) is 15.2. The predicted molar refractivity (Wildman–Crippen MR) is 90.0 cm³/mol. The number of carbonyl (C=O) groups excluding carboxylic acids is 2. The van der Waals surface area contributed by atoms with Gasteiger partial charge in [0, 0.05) is 24.7 Å². The first-order valence-corrected chi connectivity index (χ1v) is 8.16. The van der Waals surface area contributed by atoms with Crippen molar-refractivity contribution in [2.75, 3.05) is 44.7 Å². The lowest BCUT2D eigenvalue weighted by molar-refractivity contribution is -0.136. The molecule has 1 aliphatic heterocycles. The van der Waals surface area contributed by atoms with Gasteiger partial charge >= 0.3 is 11.8 Å². The SMILES string of the molecule is O=C(NCCCN1CCOCC1)C(=O)Nc1ccc(Cl)cc1Cl. The summed E-state index contributed by atoms with van der Waals surface area (Å²) in [5, 5.41) is 5.80. The minimum atomic E-state index is -0.749. The van der Waals surface area contributed by atoms with E-state index in [0.717, 1.165) is 39.3 Å². The van der Waals surface area contributed by atoms with Crippen LogP contribution >= 0.6 is 23.2 Å². The number of carbonyl (C=O) groups is 2. The quantitative estimate of drug-likeness (QED) is 0.620. The molecule has 2 rings (SSSR count). The maximum Gasteiger partial charge on any atom is 0.313 e. The number of hydrogen-bond donors (Lipinski definition) is 2. The van der Waals surface area contributed by atoms with Crippen LogP contribution in [-0.4, -0.2) is 56.1 Å². The number of ether oxygens (including phenoxy) is 1. The Labute approximate surface area is 145 Å². The summed E-state index contributed by atoms with van der Waals surface area (Å²) in [7, 11) is 0. The number of rotatable bonds is 5. The Morgan fingerprint density at radius 1 is 1.17 bits per heavy atom. The van der Waals surface area contributed by atoms with Crippen LogP contribution in [0.2, 0.25) is 10.0 Å². The molecule has 0 saturated carbocycles. The van der Waals surface area contributed by atoms with Gasteiger partial charge in [0.2, 0.25) is 0 Å². The van der Waals surface area contributed by atoms with E-state index in [1.807, 2.05) is 0 Å². The number of morpholine rings is 1. The van der Waals surface area contributed by atoms with Crippen molar-refractivity contribution in [3.63, 3.8) is 0 Å². The molecule has 1 aliphatic rings. The van der Waals surface area contributed by atoms with Crippen LogP contribution in [0.25, 0.3) is 0 Å². The van der Waals surface area contributed by atoms with Gasteiger partial charge in [-0.2, -0.15) is 0 Å². The van der Waals surface area contributed by atoms with Crippen molar-refractivity contribution in [3.05, 3.63) is 28.2 Å². The van der Waals surface area contributed by atoms with Gasteiger partial charge < -0.3 is 15.4 Å². The topological polar surface area (TPSA) is 70.7 Å². The van der Waals surface area contributed by atoms with E-state index in [4.69, 9.17) is 27.9 Å². The molecule has 0 bridgehead atoms. The summed E-state index contributed by atoms with van der Waals surface area (Å²) < 4.78 is 5.27. The van der Waals surface area contributed by atoms with Gasteiger partial charge in [-0.05, 0) is 31.2 Å². The third-order valence-corrected chi connectivity index (χ3v) is 3.97. The van der Waals surface area contributed by atoms with Crippen LogP contribution in [-0.2, 0) is 14.3 Å². The Bertz CT molecular complexity index is 563. The lowest BCUT2D eigenvalue weighted by atomic mass is 10.3. The average Bonchev–Trinajstić information content (AvgIpc) is 2.55. The zero-order valence-corrected chi connectivity index (χ0v) is 14.1. The van der Waals surface area contributed by atoms with Crippen LogP contribution in [0, 0.1) is 0 Å². The highest BCUT2D eigenvalue weighted by molar-refractivity contribution is 6.42. The van der Waals surface area contributed by atoms with Gasteiger partial charge in [-0.15, -0.1) is 0 Å². The molecule has 0 spiro atoms. The average molecular weight is 360 g/mol. The summed E-state index contributed by atoms with van der Waals surface area (Å²) in [4.78, 5) is 25.8. The van der Waals surface area contributed by atoms with Crippen molar-refractivity contribution in [3.8, 4) is 0 Å². The van der Waals surface area contributed by atoms with Crippen molar-refractivity contribution in [1.29, 1.82) is 0 Å². The third-order valence-electron chi connectivity index (χ3n) is 3.43. The molecule has 1 aromatic carbocycles. The van der Waals surface area contributed by atoms with E-state index in [-0.39, 0.29) is 5.02 Å². The third kappa shape index (κ3) is 5.99. The fraction of sp³-hybridized carbons (Fsp3) is 0.467. The first-order chi connectivity index (χ1) is 11.1. The van der Waals surface area contributed by atoms with Crippen LogP contribution in [0.1, 0.15) is 6.42 Å². The Balaban J connectivity index is 1.69. The van der Waals surface area contributed by atoms with Gasteiger partial charge in [-0.25, -0.2) is 0 Å². The standard InChI is InChI=1S/C15H19Cl2N3O3/c16-11-2-3-13(12(17)10-11)19-15(22)14(21)18-4-1-5-20-6-8-23-9-7-20/h2-3,10H,1,4-9H2,(H,18,21)(H,19,22). The maximum absolute atomic E-state index is 11.8. The number of nitrogens with one attached hydrogen (secondary N) is 2. The second-order valence-electron chi connectivity index (χ2n) is 5.14. The first-order valence-electron chi connectivity index (χ1n) is 7.40. The fourth-order valence-electron chi connectivity index (χ4n) is 2.18. The van der Waals surface area contributed by atoms with Gasteiger partial charge in [0.25, 0.3) is 0 Å². The molecule has 126 valence electrons. The number of hydrogen-bond acceptors (Lipinski definition) is 4. The molecule has 0 unspecified atom stereocenters. The smallest absolute Gasteiger partial charge is 0.313 e. The molecule has 0 atom stereocenters. The van der Waals surface area contributed by atoms with E-state index < -0.39 is 11.8 Å². The van der Waals surface area contributed by atoms with Crippen molar-refractivity contribution in [2.24, 2.45) is 0 Å². The maximum atomic E-state index is 11.8. The summed E-state index contributed by atoms with van der Waals surface area (Å²) in [5.74, 6) is -1.43. The molecule has 8 heteroatoms. The van der Waals surface area contributed by atoms with Crippen molar-refractivity contribution < 1.29 is 14.3 Å². The highest BCUT2D eigenvalue weighted by atomic mass is 35.5. The molecular formula is C15H19Cl2N3O3. The number of amides is 2. The molecule has 23 heavy (non-hydrogen) atoms. The molecular weight excluding hydrogens is 341 g/mol. The predicted octanol–water partition coefficient (Wildman–Crippen LogP) is 1.77. The Kier molecular flexibility index (Phi) is 7.11. The summed E-state index contributed by atoms with van der Waals surface area (Å²) in [6, 6.07) is 4.64. The largest absolute Gasteiger partial charge is 0.379 e. The molecule has 0 aliphatic carbocycles. The second-order valence-corrected chi connectivity index (χ2v) is 5.99. The Morgan fingerprint density at radius 3 is 2.61 bits per heavy atom. The van der Waals surface area contributed by atoms with Crippen LogP contribution in [0.3, 0.4) is 0 Å². The molecule has 1 fully saturated rings. The molecule has 6 nitrogen and oxygen atoms in total. The lowest BCUT2D eigenvalue weighted by Crippen LogP contribution is -2.39. The second kappa shape index (κ2) is 9.08. The van der Waals surface area contributed by atoms with E-state index in [9.17, 15) is 9.59 Å². The Morgan fingerprint density at radius 2 is 1.91 bits per heavy atom. The van der Waals surface area contributed by atoms with Crippen molar-refractivity contribution in [2.45, 2.75) is 6.42 Å². The number of benzene rings is 1.